The molecule has 1 aromatic carbocycles. The van der Waals surface area contributed by atoms with Gasteiger partial charge in [0.15, 0.2) is 0 Å². The van der Waals surface area contributed by atoms with Crippen molar-refractivity contribution in [3.05, 3.63) is 65.6 Å². The molecule has 2 aromatic heterocycles. The molecule has 1 unspecified atom stereocenters. The summed E-state index contributed by atoms with van der Waals surface area (Å²) in [5.74, 6) is -1.58. The molecule has 0 saturated carbocycles. The van der Waals surface area contributed by atoms with E-state index >= 15 is 0 Å². The number of carboxylic acid groups (broad SMARTS) is 1. The molecule has 2 heterocycles. The third-order valence-corrected chi connectivity index (χ3v) is 3.50. The zero-order valence-corrected chi connectivity index (χ0v) is 11.0. The molecule has 2 N–H and O–H groups in total. The summed E-state index contributed by atoms with van der Waals surface area (Å²) in [5.41, 5.74) is 3.33. The number of aromatic amines is 1. The highest BCUT2D eigenvalue weighted by Gasteiger charge is 2.27. The van der Waals surface area contributed by atoms with Gasteiger partial charge in [0.1, 0.15) is 5.92 Å². The van der Waals surface area contributed by atoms with Crippen molar-refractivity contribution in [3.8, 4) is 0 Å². The van der Waals surface area contributed by atoms with E-state index in [9.17, 15) is 9.90 Å². The first-order chi connectivity index (χ1) is 9.68. The average molecular weight is 266 g/mol. The second kappa shape index (κ2) is 4.81. The Hall–Kier alpha value is -2.62. The standard InChI is InChI=1S/C16H14N2O2/c1-10-14(12-6-2-3-7-13(12)18-10)15(16(19)20)11-5-4-8-17-9-11/h2-9,15,18H,1H3,(H,19,20). The Morgan fingerprint density at radius 3 is 2.75 bits per heavy atom. The number of benzene rings is 1. The van der Waals surface area contributed by atoms with Gasteiger partial charge in [-0.3, -0.25) is 9.78 Å². The SMILES string of the molecule is Cc1[nH]c2ccccc2c1C(C(=O)O)c1cccnc1. The van der Waals surface area contributed by atoms with E-state index in [2.05, 4.69) is 9.97 Å². The highest BCUT2D eigenvalue weighted by atomic mass is 16.4. The number of rotatable bonds is 3. The van der Waals surface area contributed by atoms with Crippen LogP contribution in [0.2, 0.25) is 0 Å². The van der Waals surface area contributed by atoms with Gasteiger partial charge in [-0.25, -0.2) is 0 Å². The number of aromatic nitrogens is 2. The van der Waals surface area contributed by atoms with Crippen LogP contribution in [0.25, 0.3) is 10.9 Å². The summed E-state index contributed by atoms with van der Waals surface area (Å²) in [6, 6.07) is 11.3. The van der Waals surface area contributed by atoms with Gasteiger partial charge in [0, 0.05) is 29.0 Å². The minimum Gasteiger partial charge on any atom is -0.481 e. The Labute approximate surface area is 116 Å². The average Bonchev–Trinajstić information content (AvgIpc) is 2.77. The maximum atomic E-state index is 11.8. The fourth-order valence-corrected chi connectivity index (χ4v) is 2.65. The van der Waals surface area contributed by atoms with E-state index in [0.29, 0.717) is 5.56 Å². The van der Waals surface area contributed by atoms with Gasteiger partial charge in [0.05, 0.1) is 0 Å². The monoisotopic (exact) mass is 266 g/mol. The Balaban J connectivity index is 2.26. The summed E-state index contributed by atoms with van der Waals surface area (Å²) in [6.45, 7) is 1.90. The van der Waals surface area contributed by atoms with Crippen molar-refractivity contribution in [3.63, 3.8) is 0 Å². The summed E-state index contributed by atoms with van der Waals surface area (Å²) < 4.78 is 0. The highest BCUT2D eigenvalue weighted by Crippen LogP contribution is 2.33. The van der Waals surface area contributed by atoms with Gasteiger partial charge in [-0.05, 0) is 30.2 Å². The van der Waals surface area contributed by atoms with Gasteiger partial charge in [0.25, 0.3) is 0 Å². The number of para-hydroxylation sites is 1. The normalized spacial score (nSPS) is 12.4. The number of carbonyl (C=O) groups is 1. The predicted octanol–water partition coefficient (Wildman–Crippen LogP) is 3.09. The van der Waals surface area contributed by atoms with Crippen molar-refractivity contribution >= 4 is 16.9 Å². The topological polar surface area (TPSA) is 66.0 Å². The lowest BCUT2D eigenvalue weighted by atomic mass is 9.90. The first-order valence-electron chi connectivity index (χ1n) is 6.38. The summed E-state index contributed by atoms with van der Waals surface area (Å²) >= 11 is 0. The summed E-state index contributed by atoms with van der Waals surface area (Å²) in [5, 5.41) is 10.6. The second-order valence-electron chi connectivity index (χ2n) is 4.77. The molecule has 0 spiro atoms. The molecule has 0 aliphatic heterocycles. The van der Waals surface area contributed by atoms with E-state index in [1.807, 2.05) is 31.2 Å². The Kier molecular flexibility index (Phi) is 2.99. The second-order valence-corrected chi connectivity index (χ2v) is 4.77. The number of H-pyrrole nitrogens is 1. The van der Waals surface area contributed by atoms with Crippen LogP contribution < -0.4 is 0 Å². The molecule has 4 heteroatoms. The van der Waals surface area contributed by atoms with Crippen LogP contribution in [-0.4, -0.2) is 21.0 Å². The Morgan fingerprint density at radius 2 is 2.05 bits per heavy atom. The van der Waals surface area contributed by atoms with Crippen LogP contribution in [0.5, 0.6) is 0 Å². The third-order valence-electron chi connectivity index (χ3n) is 3.50. The number of fused-ring (bicyclic) bond motifs is 1. The van der Waals surface area contributed by atoms with Crippen molar-refractivity contribution in [2.24, 2.45) is 0 Å². The number of hydrogen-bond donors (Lipinski definition) is 2. The molecule has 3 rings (SSSR count). The molecular formula is C16H14N2O2. The zero-order chi connectivity index (χ0) is 14.1. The molecule has 0 fully saturated rings. The third kappa shape index (κ3) is 1.95. The van der Waals surface area contributed by atoms with Crippen molar-refractivity contribution in [2.45, 2.75) is 12.8 Å². The van der Waals surface area contributed by atoms with Crippen molar-refractivity contribution < 1.29 is 9.90 Å². The van der Waals surface area contributed by atoms with Crippen molar-refractivity contribution in [1.29, 1.82) is 0 Å². The molecule has 0 aliphatic rings. The molecule has 4 nitrogen and oxygen atoms in total. The minimum absolute atomic E-state index is 0.688. The van der Waals surface area contributed by atoms with Gasteiger partial charge in [-0.2, -0.15) is 0 Å². The number of hydrogen-bond acceptors (Lipinski definition) is 2. The number of aryl methyl sites for hydroxylation is 1. The van der Waals surface area contributed by atoms with Crippen LogP contribution in [0.1, 0.15) is 22.7 Å². The van der Waals surface area contributed by atoms with Crippen molar-refractivity contribution in [2.75, 3.05) is 0 Å². The zero-order valence-electron chi connectivity index (χ0n) is 11.0. The van der Waals surface area contributed by atoms with Gasteiger partial charge >= 0.3 is 5.97 Å². The molecule has 3 aromatic rings. The number of nitrogens with zero attached hydrogens (tertiary/aromatic N) is 1. The summed E-state index contributed by atoms with van der Waals surface area (Å²) in [6.07, 6.45) is 3.25. The Bertz CT molecular complexity index is 763. The molecule has 20 heavy (non-hydrogen) atoms. The fraction of sp³-hybridized carbons (Fsp3) is 0.125. The van der Waals surface area contributed by atoms with E-state index in [-0.39, 0.29) is 0 Å². The van der Waals surface area contributed by atoms with Crippen LogP contribution in [0.15, 0.2) is 48.8 Å². The molecule has 0 aliphatic carbocycles. The highest BCUT2D eigenvalue weighted by molar-refractivity contribution is 5.92. The van der Waals surface area contributed by atoms with Gasteiger partial charge in [-0.15, -0.1) is 0 Å². The first kappa shape index (κ1) is 12.4. The minimum atomic E-state index is -0.870. The quantitative estimate of drug-likeness (QED) is 0.765. The lowest BCUT2D eigenvalue weighted by Gasteiger charge is -2.13. The first-order valence-corrected chi connectivity index (χ1v) is 6.38. The van der Waals surface area contributed by atoms with Crippen LogP contribution in [0.3, 0.4) is 0 Å². The molecule has 0 radical (unpaired) electrons. The van der Waals surface area contributed by atoms with Gasteiger partial charge < -0.3 is 10.1 Å². The predicted molar refractivity (Wildman–Crippen MR) is 76.8 cm³/mol. The fourth-order valence-electron chi connectivity index (χ4n) is 2.65. The lowest BCUT2D eigenvalue weighted by Crippen LogP contribution is -2.14. The van der Waals surface area contributed by atoms with Crippen LogP contribution in [0.4, 0.5) is 0 Å². The van der Waals surface area contributed by atoms with Gasteiger partial charge in [-0.1, -0.05) is 24.3 Å². The largest absolute Gasteiger partial charge is 0.481 e. The van der Waals surface area contributed by atoms with Crippen molar-refractivity contribution in [1.82, 2.24) is 9.97 Å². The maximum absolute atomic E-state index is 11.8. The summed E-state index contributed by atoms with van der Waals surface area (Å²) in [7, 11) is 0. The van der Waals surface area contributed by atoms with E-state index in [0.717, 1.165) is 22.2 Å². The van der Waals surface area contributed by atoms with Crippen LogP contribution in [-0.2, 0) is 4.79 Å². The van der Waals surface area contributed by atoms with E-state index in [4.69, 9.17) is 0 Å². The smallest absolute Gasteiger partial charge is 0.315 e. The maximum Gasteiger partial charge on any atom is 0.315 e. The van der Waals surface area contributed by atoms with E-state index in [1.54, 1.807) is 24.5 Å². The van der Waals surface area contributed by atoms with E-state index < -0.39 is 11.9 Å². The number of carboxylic acids is 1. The molecule has 0 bridgehead atoms. The van der Waals surface area contributed by atoms with Crippen LogP contribution in [0, 0.1) is 6.92 Å². The molecular weight excluding hydrogens is 252 g/mol. The molecule has 0 saturated heterocycles. The Morgan fingerprint density at radius 1 is 1.25 bits per heavy atom. The van der Waals surface area contributed by atoms with Crippen LogP contribution >= 0.6 is 0 Å². The number of nitrogens with one attached hydrogen (secondary N) is 1. The number of pyridine rings is 1. The number of aliphatic carboxylic acids is 1. The molecule has 1 atom stereocenters. The lowest BCUT2D eigenvalue weighted by molar-refractivity contribution is -0.137. The van der Waals surface area contributed by atoms with E-state index in [1.165, 1.54) is 0 Å². The summed E-state index contributed by atoms with van der Waals surface area (Å²) in [4.78, 5) is 19.0. The molecule has 0 amide bonds. The van der Waals surface area contributed by atoms with Gasteiger partial charge in [0.2, 0.25) is 0 Å². The molecule has 100 valence electrons.